The molecule has 0 saturated heterocycles. The largest absolute Gasteiger partial charge is 0.385 e. The van der Waals surface area contributed by atoms with Crippen molar-refractivity contribution in [3.63, 3.8) is 0 Å². The summed E-state index contributed by atoms with van der Waals surface area (Å²) in [5.74, 6) is -0.452. The fraction of sp³-hybridized carbons (Fsp3) is 0.920. The molecule has 34 heavy (non-hydrogen) atoms. The molecule has 0 aromatic carbocycles. The van der Waals surface area contributed by atoms with Gasteiger partial charge in [-0.1, -0.05) is 45.4 Å². The molecule has 0 radical (unpaired) electrons. The van der Waals surface area contributed by atoms with Crippen molar-refractivity contribution in [3.05, 3.63) is 0 Å². The van der Waals surface area contributed by atoms with Gasteiger partial charge in [0.1, 0.15) is 23.4 Å². The van der Waals surface area contributed by atoms with Crippen LogP contribution in [0.25, 0.3) is 0 Å². The topological polar surface area (TPSA) is 107 Å². The Kier molecular flexibility index (Phi) is 16.8. The number of hydrogen-bond donors (Lipinski definition) is 1. The second kappa shape index (κ2) is 17.1. The highest BCUT2D eigenvalue weighted by Gasteiger charge is 2.42. The van der Waals surface area contributed by atoms with Crippen LogP contribution >= 0.6 is 0 Å². The van der Waals surface area contributed by atoms with E-state index in [2.05, 4.69) is 6.92 Å². The minimum atomic E-state index is -1.45. The first kappa shape index (κ1) is 33.5. The summed E-state index contributed by atoms with van der Waals surface area (Å²) in [7, 11) is -2.27. The third-order valence-electron chi connectivity index (χ3n) is 5.78. The lowest BCUT2D eigenvalue weighted by molar-refractivity contribution is -0.171. The second-order valence-corrected chi connectivity index (χ2v) is 13.1. The minimum absolute atomic E-state index is 0.0549. The first-order valence-electron chi connectivity index (χ1n) is 12.4. The molecule has 4 unspecified atom stereocenters. The number of ether oxygens (including phenoxy) is 2. The Bertz CT molecular complexity index is 662. The van der Waals surface area contributed by atoms with E-state index in [1.54, 1.807) is 20.1 Å². The summed E-state index contributed by atoms with van der Waals surface area (Å²) in [5.41, 5.74) is -2.57. The molecule has 0 aromatic heterocycles. The number of aliphatic hydroxyl groups is 1. The van der Waals surface area contributed by atoms with Crippen molar-refractivity contribution in [3.8, 4) is 0 Å². The highest BCUT2D eigenvalue weighted by molar-refractivity contribution is 7.84. The Morgan fingerprint density at radius 1 is 0.794 bits per heavy atom. The Morgan fingerprint density at radius 2 is 1.29 bits per heavy atom. The number of ketones is 2. The number of hydrogen-bond acceptors (Lipinski definition) is 7. The fourth-order valence-corrected chi connectivity index (χ4v) is 4.69. The Balaban J connectivity index is 5.08. The van der Waals surface area contributed by atoms with Crippen molar-refractivity contribution in [2.24, 2.45) is 0 Å². The molecule has 0 amide bonds. The monoisotopic (exact) mass is 524 g/mol. The zero-order valence-electron chi connectivity index (χ0n) is 22.4. The van der Waals surface area contributed by atoms with Crippen molar-refractivity contribution < 1.29 is 32.6 Å². The van der Waals surface area contributed by atoms with Gasteiger partial charge in [-0.3, -0.25) is 18.0 Å². The molecule has 0 saturated carbocycles. The van der Waals surface area contributed by atoms with Crippen LogP contribution in [0.5, 0.6) is 0 Å². The maximum Gasteiger partial charge on any atom is 0.192 e. The molecule has 4 atom stereocenters. The third-order valence-corrected chi connectivity index (χ3v) is 7.40. The van der Waals surface area contributed by atoms with Gasteiger partial charge in [0.25, 0.3) is 0 Å². The van der Waals surface area contributed by atoms with Gasteiger partial charge in [0.05, 0.1) is 0 Å². The first-order chi connectivity index (χ1) is 15.7. The van der Waals surface area contributed by atoms with E-state index >= 15 is 0 Å². The van der Waals surface area contributed by atoms with Gasteiger partial charge in [-0.25, -0.2) is 0 Å². The molecule has 1 N–H and O–H groups in total. The Hall–Kier alpha value is -0.480. The van der Waals surface area contributed by atoms with E-state index in [9.17, 15) is 23.1 Å². The van der Waals surface area contributed by atoms with Gasteiger partial charge in [0.2, 0.25) is 0 Å². The van der Waals surface area contributed by atoms with E-state index in [0.717, 1.165) is 19.3 Å². The van der Waals surface area contributed by atoms with Gasteiger partial charge in [-0.15, -0.1) is 0 Å². The van der Waals surface area contributed by atoms with Gasteiger partial charge in [0.15, 0.2) is 11.6 Å². The molecule has 9 heteroatoms. The second-order valence-electron chi connectivity index (χ2n) is 9.97. The molecule has 0 aromatic rings. The number of carbonyl (C=O) groups excluding carboxylic acids is 2. The summed E-state index contributed by atoms with van der Waals surface area (Å²) in [6.07, 6.45) is 8.95. The molecule has 0 aliphatic carbocycles. The van der Waals surface area contributed by atoms with Crippen molar-refractivity contribution in [2.75, 3.05) is 30.6 Å². The van der Waals surface area contributed by atoms with E-state index in [1.165, 1.54) is 45.8 Å². The standard InChI is InChI=1S/C25H48O7S2/c1-8-9-10-11-12-13-14-17-31-24(2,3)23(28)21(16-19-34(7)30)32-25(4,5)22(27)20(26)15-18-33(6)29/h20-21,26H,8-19H2,1-7H3. The van der Waals surface area contributed by atoms with Gasteiger partial charge in [-0.2, -0.15) is 0 Å². The maximum absolute atomic E-state index is 13.3. The summed E-state index contributed by atoms with van der Waals surface area (Å²) in [6, 6.07) is 0. The first-order valence-corrected chi connectivity index (χ1v) is 15.9. The summed E-state index contributed by atoms with van der Waals surface area (Å²) in [6.45, 7) is 9.05. The van der Waals surface area contributed by atoms with Crippen LogP contribution in [-0.2, 0) is 40.7 Å². The van der Waals surface area contributed by atoms with Crippen molar-refractivity contribution in [1.29, 1.82) is 0 Å². The van der Waals surface area contributed by atoms with Crippen LogP contribution in [-0.4, -0.2) is 79.1 Å². The predicted octanol–water partition coefficient (Wildman–Crippen LogP) is 3.73. The molecule has 0 aliphatic rings. The average Bonchev–Trinajstić information content (AvgIpc) is 2.75. The Labute approximate surface area is 212 Å². The van der Waals surface area contributed by atoms with Crippen LogP contribution in [0.4, 0.5) is 0 Å². The molecule has 0 bridgehead atoms. The molecule has 0 rings (SSSR count). The predicted molar refractivity (Wildman–Crippen MR) is 140 cm³/mol. The fourth-order valence-electron chi connectivity index (χ4n) is 3.59. The number of unbranched alkanes of at least 4 members (excludes halogenated alkanes) is 6. The summed E-state index contributed by atoms with van der Waals surface area (Å²) < 4.78 is 34.9. The van der Waals surface area contributed by atoms with Crippen LogP contribution in [0.2, 0.25) is 0 Å². The van der Waals surface area contributed by atoms with Crippen molar-refractivity contribution in [2.45, 2.75) is 116 Å². The minimum Gasteiger partial charge on any atom is -0.385 e. The van der Waals surface area contributed by atoms with Gasteiger partial charge >= 0.3 is 0 Å². The quantitative estimate of drug-likeness (QED) is 0.228. The van der Waals surface area contributed by atoms with Gasteiger partial charge in [-0.05, 0) is 47.0 Å². The molecule has 0 spiro atoms. The smallest absolute Gasteiger partial charge is 0.192 e. The lowest BCUT2D eigenvalue weighted by Gasteiger charge is -2.34. The Morgan fingerprint density at radius 3 is 1.82 bits per heavy atom. The number of carbonyl (C=O) groups is 2. The summed E-state index contributed by atoms with van der Waals surface area (Å²) >= 11 is 0. The SMILES string of the molecule is CCCCCCCCCOC(C)(C)C(=O)C(CCS(C)=O)OC(C)(C)C(=O)C(O)CCS(C)=O. The van der Waals surface area contributed by atoms with Crippen LogP contribution in [0.3, 0.4) is 0 Å². The van der Waals surface area contributed by atoms with E-state index < -0.39 is 50.8 Å². The molecule has 202 valence electrons. The number of aliphatic hydroxyl groups excluding tert-OH is 1. The van der Waals surface area contributed by atoms with Crippen LogP contribution < -0.4 is 0 Å². The van der Waals surface area contributed by atoms with E-state index in [0.29, 0.717) is 6.61 Å². The van der Waals surface area contributed by atoms with Crippen LogP contribution in [0, 0.1) is 0 Å². The van der Waals surface area contributed by atoms with Crippen LogP contribution in [0.15, 0.2) is 0 Å². The zero-order chi connectivity index (χ0) is 26.4. The molecule has 0 heterocycles. The molecular weight excluding hydrogens is 476 g/mol. The zero-order valence-corrected chi connectivity index (χ0v) is 24.0. The van der Waals surface area contributed by atoms with Crippen molar-refractivity contribution in [1.82, 2.24) is 0 Å². The molecule has 0 fully saturated rings. The maximum atomic E-state index is 13.3. The third kappa shape index (κ3) is 14.2. The normalized spacial score (nSPS) is 16.1. The highest BCUT2D eigenvalue weighted by Crippen LogP contribution is 2.24. The summed E-state index contributed by atoms with van der Waals surface area (Å²) in [4.78, 5) is 26.1. The van der Waals surface area contributed by atoms with E-state index in [-0.39, 0.29) is 30.1 Å². The highest BCUT2D eigenvalue weighted by atomic mass is 32.2. The molecule has 0 aliphatic heterocycles. The number of Topliss-reactive ketones (excluding diaryl/α,β-unsaturated/α-hetero) is 2. The van der Waals surface area contributed by atoms with E-state index in [4.69, 9.17) is 9.47 Å². The number of rotatable bonds is 21. The van der Waals surface area contributed by atoms with Gasteiger partial charge < -0.3 is 14.6 Å². The summed E-state index contributed by atoms with van der Waals surface area (Å²) in [5, 5.41) is 10.2. The van der Waals surface area contributed by atoms with Crippen molar-refractivity contribution >= 4 is 33.2 Å². The van der Waals surface area contributed by atoms with Crippen LogP contribution in [0.1, 0.15) is 92.4 Å². The average molecular weight is 525 g/mol. The lowest BCUT2D eigenvalue weighted by Crippen LogP contribution is -2.51. The molecule has 7 nitrogen and oxygen atoms in total. The lowest BCUT2D eigenvalue weighted by atomic mass is 9.93. The van der Waals surface area contributed by atoms with E-state index in [1.807, 2.05) is 0 Å². The molecular formula is C25H48O7S2. The van der Waals surface area contributed by atoms with Gasteiger partial charge in [0, 0.05) is 52.2 Å².